The minimum Gasteiger partial charge on any atom is -0.494 e. The van der Waals surface area contributed by atoms with E-state index in [1.54, 1.807) is 48.5 Å². The van der Waals surface area contributed by atoms with Gasteiger partial charge in [0, 0.05) is 13.2 Å². The van der Waals surface area contributed by atoms with E-state index in [-0.39, 0.29) is 11.1 Å². The lowest BCUT2D eigenvalue weighted by Crippen LogP contribution is -2.05. The molecule has 3 rings (SSSR count). The Morgan fingerprint density at radius 2 is 1.05 bits per heavy atom. The van der Waals surface area contributed by atoms with E-state index in [4.69, 9.17) is 29.2 Å². The zero-order chi connectivity index (χ0) is 29.3. The van der Waals surface area contributed by atoms with E-state index in [0.717, 1.165) is 38.5 Å². The van der Waals surface area contributed by atoms with Gasteiger partial charge in [-0.1, -0.05) is 18.2 Å². The smallest absolute Gasteiger partial charge is 0.335 e. The van der Waals surface area contributed by atoms with Crippen LogP contribution in [0.5, 0.6) is 11.5 Å². The van der Waals surface area contributed by atoms with Gasteiger partial charge in [0.1, 0.15) is 11.5 Å². The average Bonchev–Trinajstić information content (AvgIpc) is 2.97. The van der Waals surface area contributed by atoms with Crippen molar-refractivity contribution in [3.05, 3.63) is 94.5 Å². The van der Waals surface area contributed by atoms with E-state index < -0.39 is 11.9 Å². The number of carbonyl (C=O) groups is 2. The van der Waals surface area contributed by atoms with Crippen molar-refractivity contribution in [1.82, 2.24) is 0 Å². The Labute approximate surface area is 241 Å². The lowest BCUT2D eigenvalue weighted by molar-refractivity contribution is 0.0686. The first-order valence-electron chi connectivity index (χ1n) is 14.1. The molecule has 3 aromatic rings. The molecule has 8 heteroatoms. The van der Waals surface area contributed by atoms with Crippen LogP contribution in [0.1, 0.15) is 63.1 Å². The molecule has 0 atom stereocenters. The highest BCUT2D eigenvalue weighted by atomic mass is 16.5. The summed E-state index contributed by atoms with van der Waals surface area (Å²) in [6.45, 7) is 6.00. The quantitative estimate of drug-likeness (QED) is 0.155. The van der Waals surface area contributed by atoms with Crippen molar-refractivity contribution in [1.29, 1.82) is 0 Å². The van der Waals surface area contributed by atoms with Gasteiger partial charge in [0.05, 0.1) is 37.6 Å². The molecule has 0 spiro atoms. The molecule has 2 N–H and O–H groups in total. The average molecular weight is 565 g/mol. The monoisotopic (exact) mass is 564 g/mol. The number of ether oxygens (including phenoxy) is 4. The van der Waals surface area contributed by atoms with Gasteiger partial charge in [0.25, 0.3) is 0 Å². The second-order valence-corrected chi connectivity index (χ2v) is 9.76. The number of benzene rings is 3. The molecule has 0 saturated heterocycles. The number of rotatable bonds is 20. The van der Waals surface area contributed by atoms with Crippen molar-refractivity contribution in [3.8, 4) is 11.5 Å². The summed E-state index contributed by atoms with van der Waals surface area (Å²) in [4.78, 5) is 21.8. The van der Waals surface area contributed by atoms with Crippen molar-refractivity contribution < 1.29 is 38.7 Å². The van der Waals surface area contributed by atoms with Crippen LogP contribution in [0.25, 0.3) is 0 Å². The standard InChI is InChI=1S/C33H40O8/c1-25-24-26(16-22-38-18-2-4-20-40-30-12-8-28(9-13-30)32(34)35)6-7-27(25)17-23-39-19-3-5-21-41-31-14-10-29(11-15-31)33(36)37/h6-15,24H,2-5,16-23H2,1H3,(H,34,35)(H,36,37). The molecule has 3 aromatic carbocycles. The Morgan fingerprint density at radius 1 is 0.585 bits per heavy atom. The van der Waals surface area contributed by atoms with Crippen LogP contribution in [0.15, 0.2) is 66.7 Å². The maximum absolute atomic E-state index is 10.9. The second-order valence-electron chi connectivity index (χ2n) is 9.76. The van der Waals surface area contributed by atoms with Crippen LogP contribution >= 0.6 is 0 Å². The van der Waals surface area contributed by atoms with Gasteiger partial charge in [-0.2, -0.15) is 0 Å². The van der Waals surface area contributed by atoms with Gasteiger partial charge in [-0.05, 0) is 111 Å². The minimum absolute atomic E-state index is 0.251. The predicted molar refractivity (Wildman–Crippen MR) is 156 cm³/mol. The molecule has 0 radical (unpaired) electrons. The molecule has 220 valence electrons. The summed E-state index contributed by atoms with van der Waals surface area (Å²) in [6.07, 6.45) is 5.29. The van der Waals surface area contributed by atoms with Crippen molar-refractivity contribution in [2.45, 2.75) is 45.4 Å². The van der Waals surface area contributed by atoms with Crippen LogP contribution in [0.4, 0.5) is 0 Å². The van der Waals surface area contributed by atoms with E-state index in [2.05, 4.69) is 25.1 Å². The van der Waals surface area contributed by atoms with Gasteiger partial charge in [-0.15, -0.1) is 0 Å². The number of hydrogen-bond acceptors (Lipinski definition) is 6. The van der Waals surface area contributed by atoms with Crippen LogP contribution in [0.2, 0.25) is 0 Å². The number of hydrogen-bond donors (Lipinski definition) is 2. The Balaban J connectivity index is 1.17. The van der Waals surface area contributed by atoms with Gasteiger partial charge >= 0.3 is 11.9 Å². The van der Waals surface area contributed by atoms with E-state index in [9.17, 15) is 9.59 Å². The first-order valence-corrected chi connectivity index (χ1v) is 14.1. The SMILES string of the molecule is Cc1cc(CCOCCCCOc2ccc(C(=O)O)cc2)ccc1CCOCCCCOc1ccc(C(=O)O)cc1. The highest BCUT2D eigenvalue weighted by molar-refractivity contribution is 5.88. The highest BCUT2D eigenvalue weighted by Crippen LogP contribution is 2.15. The van der Waals surface area contributed by atoms with Gasteiger partial charge < -0.3 is 29.2 Å². The Morgan fingerprint density at radius 3 is 1.51 bits per heavy atom. The van der Waals surface area contributed by atoms with Crippen LogP contribution in [0.3, 0.4) is 0 Å². The zero-order valence-electron chi connectivity index (χ0n) is 23.7. The third kappa shape index (κ3) is 12.0. The van der Waals surface area contributed by atoms with Crippen molar-refractivity contribution >= 4 is 11.9 Å². The molecule has 0 aliphatic heterocycles. The lowest BCUT2D eigenvalue weighted by atomic mass is 10.0. The van der Waals surface area contributed by atoms with Crippen LogP contribution < -0.4 is 9.47 Å². The molecule has 0 aromatic heterocycles. The van der Waals surface area contributed by atoms with E-state index in [1.807, 2.05) is 0 Å². The summed E-state index contributed by atoms with van der Waals surface area (Å²) in [5, 5.41) is 17.9. The molecular weight excluding hydrogens is 524 g/mol. The normalized spacial score (nSPS) is 10.9. The van der Waals surface area contributed by atoms with Crippen LogP contribution in [-0.4, -0.2) is 61.8 Å². The fraction of sp³-hybridized carbons (Fsp3) is 0.394. The van der Waals surface area contributed by atoms with Crippen molar-refractivity contribution in [2.24, 2.45) is 0 Å². The predicted octanol–water partition coefficient (Wildman–Crippen LogP) is 6.23. The Hall–Kier alpha value is -3.88. The lowest BCUT2D eigenvalue weighted by Gasteiger charge is -2.10. The maximum Gasteiger partial charge on any atom is 0.335 e. The molecule has 0 aliphatic rings. The maximum atomic E-state index is 10.9. The molecule has 41 heavy (non-hydrogen) atoms. The van der Waals surface area contributed by atoms with Crippen molar-refractivity contribution in [3.63, 3.8) is 0 Å². The highest BCUT2D eigenvalue weighted by Gasteiger charge is 2.04. The largest absolute Gasteiger partial charge is 0.494 e. The molecule has 0 bridgehead atoms. The van der Waals surface area contributed by atoms with E-state index >= 15 is 0 Å². The van der Waals surface area contributed by atoms with E-state index in [1.165, 1.54) is 16.7 Å². The minimum atomic E-state index is -0.942. The molecule has 0 unspecified atom stereocenters. The summed E-state index contributed by atoms with van der Waals surface area (Å²) >= 11 is 0. The van der Waals surface area contributed by atoms with Gasteiger partial charge in [-0.3, -0.25) is 0 Å². The summed E-state index contributed by atoms with van der Waals surface area (Å²) in [5.74, 6) is -0.538. The summed E-state index contributed by atoms with van der Waals surface area (Å²) in [5.41, 5.74) is 4.32. The number of unbranched alkanes of at least 4 members (excludes halogenated alkanes) is 2. The fourth-order valence-electron chi connectivity index (χ4n) is 4.15. The third-order valence-corrected chi connectivity index (χ3v) is 6.56. The van der Waals surface area contributed by atoms with Crippen molar-refractivity contribution in [2.75, 3.05) is 39.6 Å². The first kappa shape index (κ1) is 31.6. The fourth-order valence-corrected chi connectivity index (χ4v) is 4.15. The number of aryl methyl sites for hydroxylation is 1. The third-order valence-electron chi connectivity index (χ3n) is 6.56. The number of aromatic carboxylic acids is 2. The van der Waals surface area contributed by atoms with E-state index in [0.29, 0.717) is 51.1 Å². The summed E-state index contributed by atoms with van der Waals surface area (Å²) in [7, 11) is 0. The number of carboxylic acid groups (broad SMARTS) is 2. The molecule has 0 fully saturated rings. The second kappa shape index (κ2) is 17.7. The topological polar surface area (TPSA) is 112 Å². The molecule has 0 aliphatic carbocycles. The van der Waals surface area contributed by atoms with Gasteiger partial charge in [-0.25, -0.2) is 9.59 Å². The number of carboxylic acids is 2. The van der Waals surface area contributed by atoms with Crippen LogP contribution in [0, 0.1) is 6.92 Å². The summed E-state index contributed by atoms with van der Waals surface area (Å²) in [6, 6.07) is 19.4. The molecule has 0 saturated carbocycles. The Bertz CT molecular complexity index is 1200. The molecule has 0 heterocycles. The van der Waals surface area contributed by atoms with Gasteiger partial charge in [0.2, 0.25) is 0 Å². The van der Waals surface area contributed by atoms with Crippen LogP contribution in [-0.2, 0) is 22.3 Å². The molecule has 8 nitrogen and oxygen atoms in total. The molecule has 0 amide bonds. The van der Waals surface area contributed by atoms with Gasteiger partial charge in [0.15, 0.2) is 0 Å². The molecular formula is C33H40O8. The first-order chi connectivity index (χ1) is 19.9. The summed E-state index contributed by atoms with van der Waals surface area (Å²) < 4.78 is 22.9. The zero-order valence-corrected chi connectivity index (χ0v) is 23.7. The Kier molecular flexibility index (Phi) is 13.7.